The first-order chi connectivity index (χ1) is 6.33. The molecule has 0 radical (unpaired) electrons. The molecule has 0 saturated carbocycles. The fourth-order valence-corrected chi connectivity index (χ4v) is 1.59. The minimum absolute atomic E-state index is 0.0806. The summed E-state index contributed by atoms with van der Waals surface area (Å²) in [5.74, 6) is 0.348. The Morgan fingerprint density at radius 2 is 2.31 bits per heavy atom. The van der Waals surface area contributed by atoms with Crippen LogP contribution >= 0.6 is 0 Å². The average molecular weight is 182 g/mol. The van der Waals surface area contributed by atoms with Gasteiger partial charge < -0.3 is 4.74 Å². The van der Waals surface area contributed by atoms with Crippen LogP contribution in [0.4, 0.5) is 0 Å². The van der Waals surface area contributed by atoms with Crippen LogP contribution in [0.15, 0.2) is 12.3 Å². The van der Waals surface area contributed by atoms with Crippen LogP contribution in [-0.2, 0) is 9.53 Å². The molecule has 1 heterocycles. The molecule has 0 N–H and O–H groups in total. The highest BCUT2D eigenvalue weighted by molar-refractivity contribution is 5.71. The van der Waals surface area contributed by atoms with Crippen molar-refractivity contribution in [3.05, 3.63) is 12.3 Å². The molecule has 0 aromatic carbocycles. The van der Waals surface area contributed by atoms with Gasteiger partial charge in [-0.2, -0.15) is 0 Å². The van der Waals surface area contributed by atoms with E-state index in [1.54, 1.807) is 0 Å². The lowest BCUT2D eigenvalue weighted by Gasteiger charge is -2.14. The van der Waals surface area contributed by atoms with E-state index in [9.17, 15) is 4.79 Å². The van der Waals surface area contributed by atoms with E-state index in [0.29, 0.717) is 12.3 Å². The van der Waals surface area contributed by atoms with E-state index in [2.05, 4.69) is 6.92 Å². The van der Waals surface area contributed by atoms with Crippen LogP contribution in [0.2, 0.25) is 0 Å². The van der Waals surface area contributed by atoms with Crippen LogP contribution in [0.25, 0.3) is 0 Å². The molecule has 1 atom stereocenters. The summed E-state index contributed by atoms with van der Waals surface area (Å²) < 4.78 is 4.72. The van der Waals surface area contributed by atoms with Crippen LogP contribution in [0.1, 0.15) is 45.4 Å². The van der Waals surface area contributed by atoms with Gasteiger partial charge >= 0.3 is 5.97 Å². The maximum absolute atomic E-state index is 10.9. The van der Waals surface area contributed by atoms with Crippen molar-refractivity contribution in [2.75, 3.05) is 0 Å². The number of cyclic esters (lactones) is 1. The van der Waals surface area contributed by atoms with Gasteiger partial charge in [-0.25, -0.2) is 0 Å². The monoisotopic (exact) mass is 182 g/mol. The lowest BCUT2D eigenvalue weighted by Crippen LogP contribution is -2.12. The van der Waals surface area contributed by atoms with Crippen molar-refractivity contribution in [3.63, 3.8) is 0 Å². The summed E-state index contributed by atoms with van der Waals surface area (Å²) in [5.41, 5.74) is 0. The molecular formula is C11H18O2. The van der Waals surface area contributed by atoms with Crippen molar-refractivity contribution < 1.29 is 9.53 Å². The highest BCUT2D eigenvalue weighted by Crippen LogP contribution is 2.19. The minimum Gasteiger partial charge on any atom is -0.435 e. The Labute approximate surface area is 80.0 Å². The summed E-state index contributed by atoms with van der Waals surface area (Å²) in [6.07, 6.45) is 10.3. The molecule has 0 aromatic heterocycles. The highest BCUT2D eigenvalue weighted by Gasteiger charge is 2.15. The number of hydrogen-bond acceptors (Lipinski definition) is 2. The maximum Gasteiger partial charge on any atom is 0.311 e. The Morgan fingerprint density at radius 3 is 3.00 bits per heavy atom. The molecule has 0 bridgehead atoms. The third-order valence-electron chi connectivity index (χ3n) is 2.41. The quantitative estimate of drug-likeness (QED) is 0.482. The van der Waals surface area contributed by atoms with Crippen molar-refractivity contribution in [1.82, 2.24) is 0 Å². The van der Waals surface area contributed by atoms with Gasteiger partial charge in [0, 0.05) is 0 Å². The average Bonchev–Trinajstić information content (AvgIpc) is 2.13. The van der Waals surface area contributed by atoms with Crippen LogP contribution in [0.3, 0.4) is 0 Å². The molecule has 74 valence electrons. The number of ether oxygens (including phenoxy) is 1. The number of rotatable bonds is 5. The number of unbranched alkanes of at least 4 members (excludes halogenated alkanes) is 3. The second-order valence-corrected chi connectivity index (χ2v) is 3.63. The predicted molar refractivity (Wildman–Crippen MR) is 52.1 cm³/mol. The Morgan fingerprint density at radius 1 is 1.46 bits per heavy atom. The van der Waals surface area contributed by atoms with Crippen LogP contribution in [0.5, 0.6) is 0 Å². The number of hydrogen-bond donors (Lipinski definition) is 0. The fourth-order valence-electron chi connectivity index (χ4n) is 1.59. The van der Waals surface area contributed by atoms with Gasteiger partial charge in [0.2, 0.25) is 0 Å². The van der Waals surface area contributed by atoms with Crippen LogP contribution < -0.4 is 0 Å². The Kier molecular flexibility index (Phi) is 4.58. The van der Waals surface area contributed by atoms with Crippen molar-refractivity contribution in [2.24, 2.45) is 5.92 Å². The molecule has 0 fully saturated rings. The maximum atomic E-state index is 10.9. The number of allylic oxidation sites excluding steroid dienone is 1. The van der Waals surface area contributed by atoms with Gasteiger partial charge in [0.25, 0.3) is 0 Å². The molecule has 13 heavy (non-hydrogen) atoms. The van der Waals surface area contributed by atoms with Gasteiger partial charge in [-0.15, -0.1) is 0 Å². The van der Waals surface area contributed by atoms with Gasteiger partial charge in [0.05, 0.1) is 12.7 Å². The zero-order chi connectivity index (χ0) is 9.52. The SMILES string of the molecule is CCCCCC[C@@H]1C=COC(=O)C1. The summed E-state index contributed by atoms with van der Waals surface area (Å²) >= 11 is 0. The van der Waals surface area contributed by atoms with E-state index >= 15 is 0 Å². The first-order valence-corrected chi connectivity index (χ1v) is 5.19. The Balaban J connectivity index is 2.10. The molecule has 0 amide bonds. The first kappa shape index (κ1) is 10.3. The summed E-state index contributed by atoms with van der Waals surface area (Å²) in [4.78, 5) is 10.9. The van der Waals surface area contributed by atoms with Crippen molar-refractivity contribution in [1.29, 1.82) is 0 Å². The molecule has 0 saturated heterocycles. The van der Waals surface area contributed by atoms with Gasteiger partial charge in [-0.3, -0.25) is 4.79 Å². The van der Waals surface area contributed by atoms with E-state index in [-0.39, 0.29) is 5.97 Å². The summed E-state index contributed by atoms with van der Waals surface area (Å²) in [5, 5.41) is 0. The van der Waals surface area contributed by atoms with Crippen LogP contribution in [-0.4, -0.2) is 5.97 Å². The third kappa shape index (κ3) is 4.11. The first-order valence-electron chi connectivity index (χ1n) is 5.19. The summed E-state index contributed by atoms with van der Waals surface area (Å²) in [7, 11) is 0. The fraction of sp³-hybridized carbons (Fsp3) is 0.727. The van der Waals surface area contributed by atoms with E-state index < -0.39 is 0 Å². The van der Waals surface area contributed by atoms with Crippen LogP contribution in [0, 0.1) is 5.92 Å². The van der Waals surface area contributed by atoms with Crippen molar-refractivity contribution in [2.45, 2.75) is 45.4 Å². The van der Waals surface area contributed by atoms with Gasteiger partial charge in [-0.1, -0.05) is 32.6 Å². The number of carbonyl (C=O) groups is 1. The zero-order valence-corrected chi connectivity index (χ0v) is 8.29. The highest BCUT2D eigenvalue weighted by atomic mass is 16.5. The van der Waals surface area contributed by atoms with Gasteiger partial charge in [0.1, 0.15) is 0 Å². The zero-order valence-electron chi connectivity index (χ0n) is 8.29. The molecule has 0 unspecified atom stereocenters. The second-order valence-electron chi connectivity index (χ2n) is 3.63. The molecule has 1 rings (SSSR count). The van der Waals surface area contributed by atoms with Gasteiger partial charge in [-0.05, 0) is 18.4 Å². The van der Waals surface area contributed by atoms with E-state index in [0.717, 1.165) is 6.42 Å². The summed E-state index contributed by atoms with van der Waals surface area (Å²) in [6, 6.07) is 0. The largest absolute Gasteiger partial charge is 0.435 e. The molecule has 0 aromatic rings. The molecule has 0 aliphatic carbocycles. The molecule has 1 aliphatic rings. The summed E-state index contributed by atoms with van der Waals surface area (Å²) in [6.45, 7) is 2.21. The lowest BCUT2D eigenvalue weighted by molar-refractivity contribution is -0.139. The molecule has 1 aliphatic heterocycles. The molecule has 2 heteroatoms. The smallest absolute Gasteiger partial charge is 0.311 e. The third-order valence-corrected chi connectivity index (χ3v) is 2.41. The van der Waals surface area contributed by atoms with Crippen molar-refractivity contribution >= 4 is 5.97 Å². The standard InChI is InChI=1S/C11H18O2/c1-2-3-4-5-6-10-7-8-13-11(12)9-10/h7-8,10H,2-6,9H2,1H3/t10-/m1/s1. The topological polar surface area (TPSA) is 26.3 Å². The normalized spacial score (nSPS) is 21.6. The van der Waals surface area contributed by atoms with E-state index in [1.807, 2.05) is 6.08 Å². The second kappa shape index (κ2) is 5.79. The van der Waals surface area contributed by atoms with Crippen molar-refractivity contribution in [3.8, 4) is 0 Å². The minimum atomic E-state index is -0.0806. The molecular weight excluding hydrogens is 164 g/mol. The lowest BCUT2D eigenvalue weighted by atomic mass is 9.97. The predicted octanol–water partition coefficient (Wildman–Crippen LogP) is 3.03. The molecule has 0 spiro atoms. The van der Waals surface area contributed by atoms with E-state index in [4.69, 9.17) is 4.74 Å². The Bertz CT molecular complexity index is 185. The van der Waals surface area contributed by atoms with Gasteiger partial charge in [0.15, 0.2) is 0 Å². The Hall–Kier alpha value is -0.790. The number of carbonyl (C=O) groups excluding carboxylic acids is 1. The molecule has 2 nitrogen and oxygen atoms in total. The van der Waals surface area contributed by atoms with E-state index in [1.165, 1.54) is 31.9 Å². The number of esters is 1.